The first-order chi connectivity index (χ1) is 12.3. The summed E-state index contributed by atoms with van der Waals surface area (Å²) in [6, 6.07) is 6.47. The van der Waals surface area contributed by atoms with Gasteiger partial charge in [0.25, 0.3) is 0 Å². The smallest absolute Gasteiger partial charge is 0.191 e. The highest BCUT2D eigenvalue weighted by atomic mass is 32.2. The van der Waals surface area contributed by atoms with Crippen LogP contribution >= 0.6 is 11.8 Å². The Kier molecular flexibility index (Phi) is 6.55. The fourth-order valence-corrected chi connectivity index (χ4v) is 4.16. The van der Waals surface area contributed by atoms with Gasteiger partial charge in [0.15, 0.2) is 11.6 Å². The number of nitrogens with zero attached hydrogens (tertiary/aromatic N) is 4. The fourth-order valence-electron chi connectivity index (χ4n) is 3.33. The number of thioether (sulfide) groups is 1. The maximum atomic E-state index is 4.75. The second kappa shape index (κ2) is 9.08. The zero-order valence-electron chi connectivity index (χ0n) is 15.1. The minimum atomic E-state index is 0.526. The van der Waals surface area contributed by atoms with Gasteiger partial charge in [-0.3, -0.25) is 9.39 Å². The van der Waals surface area contributed by atoms with Crippen LogP contribution in [0.5, 0.6) is 0 Å². The molecule has 2 aromatic heterocycles. The largest absolute Gasteiger partial charge is 0.357 e. The molecule has 2 atom stereocenters. The number of hydrogen-bond acceptors (Lipinski definition) is 4. The van der Waals surface area contributed by atoms with Crippen LogP contribution < -0.4 is 10.6 Å². The number of aliphatic imine (C=N–C) groups is 1. The van der Waals surface area contributed by atoms with Gasteiger partial charge in [0.2, 0.25) is 0 Å². The van der Waals surface area contributed by atoms with Gasteiger partial charge < -0.3 is 10.6 Å². The predicted molar refractivity (Wildman–Crippen MR) is 105 cm³/mol. The molecule has 25 heavy (non-hydrogen) atoms. The molecule has 2 N–H and O–H groups in total. The van der Waals surface area contributed by atoms with Crippen molar-refractivity contribution in [2.24, 2.45) is 4.99 Å². The maximum Gasteiger partial charge on any atom is 0.191 e. The van der Waals surface area contributed by atoms with E-state index in [1.165, 1.54) is 25.7 Å². The van der Waals surface area contributed by atoms with Crippen molar-refractivity contribution in [3.05, 3.63) is 30.2 Å². The average molecular weight is 361 g/mol. The molecule has 0 amide bonds. The lowest BCUT2D eigenvalue weighted by Crippen LogP contribution is -2.45. The van der Waals surface area contributed by atoms with E-state index >= 15 is 0 Å². The SMILES string of the molecule is CCNC(=NCCc1nnc2ccccn12)NC1CCCC(SC)C1. The summed E-state index contributed by atoms with van der Waals surface area (Å²) in [6.07, 6.45) is 10.1. The van der Waals surface area contributed by atoms with E-state index in [1.54, 1.807) is 0 Å². The van der Waals surface area contributed by atoms with E-state index in [1.807, 2.05) is 40.6 Å². The summed E-state index contributed by atoms with van der Waals surface area (Å²) < 4.78 is 2.03. The molecule has 1 aliphatic rings. The normalized spacial score (nSPS) is 21.4. The quantitative estimate of drug-likeness (QED) is 0.612. The molecule has 2 aromatic rings. The van der Waals surface area contributed by atoms with Crippen LogP contribution in [0.3, 0.4) is 0 Å². The molecule has 0 spiro atoms. The van der Waals surface area contributed by atoms with Gasteiger partial charge in [-0.2, -0.15) is 11.8 Å². The molecule has 0 bridgehead atoms. The summed E-state index contributed by atoms with van der Waals surface area (Å²) in [5.74, 6) is 1.87. The predicted octanol–water partition coefficient (Wildman–Crippen LogP) is 2.50. The fraction of sp³-hybridized carbons (Fsp3) is 0.611. The number of guanidine groups is 1. The Morgan fingerprint density at radius 1 is 1.36 bits per heavy atom. The van der Waals surface area contributed by atoms with Crippen molar-refractivity contribution in [3.63, 3.8) is 0 Å². The minimum absolute atomic E-state index is 0.526. The van der Waals surface area contributed by atoms with Crippen molar-refractivity contribution in [1.82, 2.24) is 25.2 Å². The molecule has 0 radical (unpaired) electrons. The Hall–Kier alpha value is -1.76. The number of nitrogens with one attached hydrogen (secondary N) is 2. The van der Waals surface area contributed by atoms with Crippen molar-refractivity contribution < 1.29 is 0 Å². The third kappa shape index (κ3) is 4.87. The molecule has 1 aliphatic carbocycles. The van der Waals surface area contributed by atoms with Gasteiger partial charge in [0, 0.05) is 37.0 Å². The molecule has 1 fully saturated rings. The summed E-state index contributed by atoms with van der Waals surface area (Å²) in [5.41, 5.74) is 0.886. The molecule has 0 saturated heterocycles. The molecule has 0 aromatic carbocycles. The van der Waals surface area contributed by atoms with E-state index in [9.17, 15) is 0 Å². The molecule has 2 heterocycles. The highest BCUT2D eigenvalue weighted by Crippen LogP contribution is 2.26. The van der Waals surface area contributed by atoms with E-state index in [0.717, 1.165) is 35.6 Å². The van der Waals surface area contributed by atoms with Crippen molar-refractivity contribution in [3.8, 4) is 0 Å². The number of aromatic nitrogens is 3. The highest BCUT2D eigenvalue weighted by molar-refractivity contribution is 7.99. The van der Waals surface area contributed by atoms with Gasteiger partial charge in [-0.05, 0) is 44.6 Å². The van der Waals surface area contributed by atoms with E-state index < -0.39 is 0 Å². The summed E-state index contributed by atoms with van der Waals surface area (Å²) in [7, 11) is 0. The molecule has 6 nitrogen and oxygen atoms in total. The number of pyridine rings is 1. The van der Waals surface area contributed by atoms with Gasteiger partial charge in [0.1, 0.15) is 5.82 Å². The van der Waals surface area contributed by atoms with Gasteiger partial charge >= 0.3 is 0 Å². The summed E-state index contributed by atoms with van der Waals surface area (Å²) in [6.45, 7) is 3.68. The molecule has 7 heteroatoms. The van der Waals surface area contributed by atoms with Crippen LogP contribution in [0.1, 0.15) is 38.4 Å². The lowest BCUT2D eigenvalue weighted by atomic mass is 9.95. The summed E-state index contributed by atoms with van der Waals surface area (Å²) in [5, 5.41) is 16.2. The second-order valence-corrected chi connectivity index (χ2v) is 7.56. The molecule has 0 aliphatic heterocycles. The molecular weight excluding hydrogens is 332 g/mol. The third-order valence-electron chi connectivity index (χ3n) is 4.63. The summed E-state index contributed by atoms with van der Waals surface area (Å²) in [4.78, 5) is 4.75. The Morgan fingerprint density at radius 2 is 2.28 bits per heavy atom. The van der Waals surface area contributed by atoms with Gasteiger partial charge in [-0.15, -0.1) is 10.2 Å². The molecule has 3 rings (SSSR count). The minimum Gasteiger partial charge on any atom is -0.357 e. The van der Waals surface area contributed by atoms with Crippen LogP contribution in [-0.4, -0.2) is 51.2 Å². The van der Waals surface area contributed by atoms with E-state index in [-0.39, 0.29) is 0 Å². The van der Waals surface area contributed by atoms with Crippen molar-refractivity contribution in [2.45, 2.75) is 50.3 Å². The van der Waals surface area contributed by atoms with E-state index in [0.29, 0.717) is 12.6 Å². The average Bonchev–Trinajstić information content (AvgIpc) is 3.05. The zero-order chi connectivity index (χ0) is 17.5. The Balaban J connectivity index is 1.58. The van der Waals surface area contributed by atoms with E-state index in [4.69, 9.17) is 4.99 Å². The molecule has 136 valence electrons. The monoisotopic (exact) mass is 360 g/mol. The number of fused-ring (bicyclic) bond motifs is 1. The van der Waals surface area contributed by atoms with Gasteiger partial charge in [-0.25, -0.2) is 0 Å². The molecular formula is C18H28N6S. The van der Waals surface area contributed by atoms with Gasteiger partial charge in [-0.1, -0.05) is 12.5 Å². The van der Waals surface area contributed by atoms with E-state index in [2.05, 4.69) is 34.0 Å². The van der Waals surface area contributed by atoms with Crippen LogP contribution in [0.2, 0.25) is 0 Å². The first-order valence-electron chi connectivity index (χ1n) is 9.16. The number of hydrogen-bond donors (Lipinski definition) is 2. The van der Waals surface area contributed by atoms with Crippen molar-refractivity contribution in [2.75, 3.05) is 19.3 Å². The molecule has 1 saturated carbocycles. The number of rotatable bonds is 6. The third-order valence-corrected chi connectivity index (χ3v) is 5.73. The van der Waals surface area contributed by atoms with Crippen LogP contribution in [-0.2, 0) is 6.42 Å². The maximum absolute atomic E-state index is 4.75. The first-order valence-corrected chi connectivity index (χ1v) is 10.4. The lowest BCUT2D eigenvalue weighted by molar-refractivity contribution is 0.419. The summed E-state index contributed by atoms with van der Waals surface area (Å²) >= 11 is 1.99. The Morgan fingerprint density at radius 3 is 3.12 bits per heavy atom. The topological polar surface area (TPSA) is 66.6 Å². The zero-order valence-corrected chi connectivity index (χ0v) is 15.9. The Labute approximate surface area is 153 Å². The standard InChI is InChI=1S/C18H28N6S/c1-3-19-18(21-14-7-6-8-15(13-14)25-2)20-11-10-17-23-22-16-9-4-5-12-24(16)17/h4-5,9,12,14-15H,3,6-8,10-11,13H2,1-2H3,(H2,19,20,21). The van der Waals surface area contributed by atoms with Crippen molar-refractivity contribution in [1.29, 1.82) is 0 Å². The second-order valence-electron chi connectivity index (χ2n) is 6.42. The Bertz CT molecular complexity index is 698. The van der Waals surface area contributed by atoms with Crippen LogP contribution in [0.4, 0.5) is 0 Å². The van der Waals surface area contributed by atoms with Crippen molar-refractivity contribution >= 4 is 23.4 Å². The molecule has 2 unspecified atom stereocenters. The van der Waals surface area contributed by atoms with Crippen LogP contribution in [0.25, 0.3) is 5.65 Å². The van der Waals surface area contributed by atoms with Crippen LogP contribution in [0.15, 0.2) is 29.4 Å². The first kappa shape index (κ1) is 18.0. The lowest BCUT2D eigenvalue weighted by Gasteiger charge is -2.29. The van der Waals surface area contributed by atoms with Gasteiger partial charge in [0.05, 0.1) is 0 Å². The van der Waals surface area contributed by atoms with Crippen LogP contribution in [0, 0.1) is 0 Å². The highest BCUT2D eigenvalue weighted by Gasteiger charge is 2.21.